The number of hydrogen-bond donors (Lipinski definition) is 0. The lowest BCUT2D eigenvalue weighted by Gasteiger charge is -2.14. The van der Waals surface area contributed by atoms with Crippen molar-refractivity contribution in [1.29, 1.82) is 0 Å². The van der Waals surface area contributed by atoms with Gasteiger partial charge >= 0.3 is 0 Å². The molecular weight excluding hydrogens is 320 g/mol. The maximum Gasteiger partial charge on any atom is 0.215 e. The highest BCUT2D eigenvalue weighted by atomic mass is 32.2. The first kappa shape index (κ1) is 18.0. The van der Waals surface area contributed by atoms with Crippen LogP contribution in [0.25, 0.3) is 11.1 Å². The van der Waals surface area contributed by atoms with Crippen LogP contribution >= 0.6 is 0 Å². The Labute approximate surface area is 146 Å². The zero-order valence-electron chi connectivity index (χ0n) is 14.2. The van der Waals surface area contributed by atoms with Crippen molar-refractivity contribution in [2.24, 2.45) is 10.3 Å². The van der Waals surface area contributed by atoms with Gasteiger partial charge in [-0.2, -0.15) is 4.41 Å². The van der Waals surface area contributed by atoms with Gasteiger partial charge in [0.25, 0.3) is 0 Å². The van der Waals surface area contributed by atoms with Crippen molar-refractivity contribution in [3.05, 3.63) is 72.4 Å². The summed E-state index contributed by atoms with van der Waals surface area (Å²) < 4.78 is 14.6. The first-order valence-electron chi connectivity index (χ1n) is 7.54. The Bertz CT molecular complexity index is 726. The van der Waals surface area contributed by atoms with E-state index < -0.39 is 11.2 Å². The minimum Gasteiger partial charge on any atom is -0.217 e. The maximum absolute atomic E-state index is 11.8. The Balaban J connectivity index is 1.96. The SMILES string of the molecule is C=C(Cc1ccc(-c2ccccc2)cc1)N=NN(C)S(=O)N(C)C. The van der Waals surface area contributed by atoms with Crippen LogP contribution in [0.4, 0.5) is 0 Å². The molecule has 0 aliphatic rings. The number of nitrogens with zero attached hydrogens (tertiary/aromatic N) is 4. The van der Waals surface area contributed by atoms with Gasteiger partial charge in [-0.1, -0.05) is 66.4 Å². The molecular formula is C18H22N4OS. The highest BCUT2D eigenvalue weighted by molar-refractivity contribution is 7.80. The average Bonchev–Trinajstić information content (AvgIpc) is 2.60. The molecule has 2 aromatic carbocycles. The summed E-state index contributed by atoms with van der Waals surface area (Å²) in [4.78, 5) is 0. The van der Waals surface area contributed by atoms with Crippen LogP contribution in [-0.4, -0.2) is 34.1 Å². The molecule has 0 amide bonds. The molecule has 126 valence electrons. The smallest absolute Gasteiger partial charge is 0.215 e. The Morgan fingerprint density at radius 2 is 1.58 bits per heavy atom. The number of hydrogen-bond acceptors (Lipinski definition) is 3. The van der Waals surface area contributed by atoms with Crippen LogP contribution in [0.15, 0.2) is 77.2 Å². The monoisotopic (exact) mass is 342 g/mol. The standard InChI is InChI=1S/C18H22N4OS/c1-15(19-20-22(4)24(23)21(2)3)14-16-10-12-18(13-11-16)17-8-6-5-7-9-17/h5-13H,1,14H2,2-4H3. The van der Waals surface area contributed by atoms with Gasteiger partial charge in [0, 0.05) is 27.6 Å². The quantitative estimate of drug-likeness (QED) is 0.557. The summed E-state index contributed by atoms with van der Waals surface area (Å²) >= 11 is -1.34. The molecule has 5 nitrogen and oxygen atoms in total. The second-order valence-electron chi connectivity index (χ2n) is 5.50. The summed E-state index contributed by atoms with van der Waals surface area (Å²) in [6.45, 7) is 3.91. The molecule has 0 N–H and O–H groups in total. The summed E-state index contributed by atoms with van der Waals surface area (Å²) in [5.74, 6) is 0. The average molecular weight is 342 g/mol. The van der Waals surface area contributed by atoms with Crippen LogP contribution in [0.5, 0.6) is 0 Å². The zero-order chi connectivity index (χ0) is 17.5. The highest BCUT2D eigenvalue weighted by Crippen LogP contribution is 2.20. The lowest BCUT2D eigenvalue weighted by atomic mass is 10.0. The molecule has 0 spiro atoms. The van der Waals surface area contributed by atoms with Crippen LogP contribution in [0.2, 0.25) is 0 Å². The van der Waals surface area contributed by atoms with Crippen LogP contribution in [0.1, 0.15) is 5.56 Å². The molecule has 2 aromatic rings. The Morgan fingerprint density at radius 3 is 2.17 bits per heavy atom. The van der Waals surface area contributed by atoms with E-state index in [0.717, 1.165) is 5.56 Å². The second-order valence-corrected chi connectivity index (χ2v) is 7.22. The molecule has 2 rings (SSSR count). The minimum atomic E-state index is -1.34. The molecule has 0 heterocycles. The summed E-state index contributed by atoms with van der Waals surface area (Å²) in [5.41, 5.74) is 4.09. The van der Waals surface area contributed by atoms with E-state index in [-0.39, 0.29) is 0 Å². The van der Waals surface area contributed by atoms with Crippen molar-refractivity contribution >= 4 is 11.2 Å². The molecule has 0 saturated heterocycles. The van der Waals surface area contributed by atoms with Gasteiger partial charge in [0.05, 0.1) is 5.70 Å². The lowest BCUT2D eigenvalue weighted by molar-refractivity contribution is 0.474. The third kappa shape index (κ3) is 5.11. The number of allylic oxidation sites excluding steroid dienone is 1. The van der Waals surface area contributed by atoms with Gasteiger partial charge < -0.3 is 0 Å². The van der Waals surface area contributed by atoms with Gasteiger partial charge in [0.1, 0.15) is 0 Å². The fraction of sp³-hybridized carbons (Fsp3) is 0.222. The molecule has 0 radical (unpaired) electrons. The van der Waals surface area contributed by atoms with E-state index >= 15 is 0 Å². The molecule has 0 aromatic heterocycles. The van der Waals surface area contributed by atoms with Crippen LogP contribution in [0, 0.1) is 0 Å². The fourth-order valence-electron chi connectivity index (χ4n) is 2.11. The van der Waals surface area contributed by atoms with Crippen molar-refractivity contribution in [3.8, 4) is 11.1 Å². The second kappa shape index (κ2) is 8.52. The largest absolute Gasteiger partial charge is 0.217 e. The van der Waals surface area contributed by atoms with E-state index in [4.69, 9.17) is 0 Å². The molecule has 0 bridgehead atoms. The molecule has 0 aliphatic heterocycles. The minimum absolute atomic E-state index is 0.598. The molecule has 1 unspecified atom stereocenters. The molecule has 1 atom stereocenters. The molecule has 0 aliphatic carbocycles. The third-order valence-corrected chi connectivity index (χ3v) is 4.47. The van der Waals surface area contributed by atoms with Gasteiger partial charge in [-0.15, -0.1) is 5.11 Å². The van der Waals surface area contributed by atoms with Gasteiger partial charge in [-0.25, -0.2) is 8.51 Å². The Hall–Kier alpha value is -2.31. The van der Waals surface area contributed by atoms with Gasteiger partial charge in [-0.3, -0.25) is 0 Å². The summed E-state index contributed by atoms with van der Waals surface area (Å²) in [5, 5.41) is 7.96. The Morgan fingerprint density at radius 1 is 1.00 bits per heavy atom. The summed E-state index contributed by atoms with van der Waals surface area (Å²) in [7, 11) is 5.04. The summed E-state index contributed by atoms with van der Waals surface area (Å²) in [6, 6.07) is 18.5. The van der Waals surface area contributed by atoms with Crippen molar-refractivity contribution in [1.82, 2.24) is 8.72 Å². The fourth-order valence-corrected chi connectivity index (χ4v) is 2.68. The van der Waals surface area contributed by atoms with E-state index in [1.807, 2.05) is 18.2 Å². The molecule has 0 fully saturated rings. The van der Waals surface area contributed by atoms with E-state index in [0.29, 0.717) is 12.1 Å². The van der Waals surface area contributed by atoms with Crippen LogP contribution in [0.3, 0.4) is 0 Å². The normalized spacial score (nSPS) is 12.5. The van der Waals surface area contributed by atoms with E-state index in [9.17, 15) is 4.21 Å². The van der Waals surface area contributed by atoms with E-state index in [1.165, 1.54) is 15.5 Å². The van der Waals surface area contributed by atoms with Gasteiger partial charge in [0.2, 0.25) is 11.2 Å². The lowest BCUT2D eigenvalue weighted by Crippen LogP contribution is -2.27. The molecule has 6 heteroatoms. The number of benzene rings is 2. The number of rotatable bonds is 7. The first-order chi connectivity index (χ1) is 11.5. The molecule has 0 saturated carbocycles. The first-order valence-corrected chi connectivity index (χ1v) is 8.60. The van der Waals surface area contributed by atoms with Crippen molar-refractivity contribution < 1.29 is 4.21 Å². The molecule has 24 heavy (non-hydrogen) atoms. The van der Waals surface area contributed by atoms with Crippen LogP contribution in [-0.2, 0) is 17.6 Å². The topological polar surface area (TPSA) is 48.3 Å². The predicted octanol–water partition coefficient (Wildman–Crippen LogP) is 3.85. The Kier molecular flexibility index (Phi) is 6.40. The van der Waals surface area contributed by atoms with E-state index in [1.54, 1.807) is 25.4 Å². The van der Waals surface area contributed by atoms with Crippen LogP contribution < -0.4 is 0 Å². The zero-order valence-corrected chi connectivity index (χ0v) is 15.0. The predicted molar refractivity (Wildman–Crippen MR) is 99.2 cm³/mol. The third-order valence-electron chi connectivity index (χ3n) is 3.32. The van der Waals surface area contributed by atoms with Gasteiger partial charge in [0.15, 0.2) is 0 Å². The van der Waals surface area contributed by atoms with Crippen molar-refractivity contribution in [3.63, 3.8) is 0 Å². The van der Waals surface area contributed by atoms with Crippen molar-refractivity contribution in [2.45, 2.75) is 6.42 Å². The van der Waals surface area contributed by atoms with Gasteiger partial charge in [-0.05, 0) is 16.7 Å². The summed E-state index contributed by atoms with van der Waals surface area (Å²) in [6.07, 6.45) is 0.598. The highest BCUT2D eigenvalue weighted by Gasteiger charge is 2.07. The van der Waals surface area contributed by atoms with E-state index in [2.05, 4.69) is 53.3 Å². The maximum atomic E-state index is 11.8. The van der Waals surface area contributed by atoms with Crippen molar-refractivity contribution in [2.75, 3.05) is 21.1 Å².